The van der Waals surface area contributed by atoms with E-state index in [4.69, 9.17) is 15.5 Å². The average molecular weight is 305 g/mol. The highest BCUT2D eigenvalue weighted by Crippen LogP contribution is 2.62. The summed E-state index contributed by atoms with van der Waals surface area (Å²) in [5, 5.41) is 0. The molecule has 0 bridgehead atoms. The molecule has 1 saturated heterocycles. The smallest absolute Gasteiger partial charge is 0.347 e. The minimum Gasteiger partial charge on any atom is -0.413 e. The third-order valence-electron chi connectivity index (χ3n) is 1.62. The van der Waals surface area contributed by atoms with Crippen molar-refractivity contribution in [3.63, 3.8) is 0 Å². The zero-order valence-corrected chi connectivity index (χ0v) is 15.1. The fourth-order valence-electron chi connectivity index (χ4n) is 2.01. The van der Waals surface area contributed by atoms with Gasteiger partial charge in [-0.05, 0) is 26.2 Å². The number of rotatable bonds is 0. The molecule has 1 rings (SSSR count). The summed E-state index contributed by atoms with van der Waals surface area (Å²) in [6, 6.07) is 0. The summed E-state index contributed by atoms with van der Waals surface area (Å²) < 4.78 is 24.4. The molecule has 0 aromatic rings. The van der Waals surface area contributed by atoms with Crippen LogP contribution in [0.1, 0.15) is 0 Å². The summed E-state index contributed by atoms with van der Waals surface area (Å²) in [6.07, 6.45) is 8.01. The van der Waals surface area contributed by atoms with Crippen LogP contribution in [0.5, 0.6) is 0 Å². The molecule has 1 aliphatic heterocycles. The molecule has 16 heavy (non-hydrogen) atoms. The minimum absolute atomic E-state index is 1.54. The zero-order valence-electron chi connectivity index (χ0n) is 11.4. The maximum Gasteiger partial charge on any atom is 0.347 e. The van der Waals surface area contributed by atoms with E-state index in [9.17, 15) is 0 Å². The van der Waals surface area contributed by atoms with Gasteiger partial charge in [-0.3, -0.25) is 7.74 Å². The average Bonchev–Trinajstić information content (AvgIpc) is 1.67. The molecule has 0 aromatic carbocycles. The van der Waals surface area contributed by atoms with Gasteiger partial charge in [-0.25, -0.2) is 0 Å². The normalized spacial score (nSPS) is 35.5. The summed E-state index contributed by atoms with van der Waals surface area (Å²) in [5.74, 6) is 0. The van der Waals surface area contributed by atoms with Crippen molar-refractivity contribution in [1.29, 1.82) is 0 Å². The molecule has 0 amide bonds. The maximum atomic E-state index is 6.13. The Bertz CT molecular complexity index is 209. The molecule has 1 fully saturated rings. The highest BCUT2D eigenvalue weighted by Gasteiger charge is 2.44. The van der Waals surface area contributed by atoms with Crippen molar-refractivity contribution in [3.8, 4) is 0 Å². The minimum atomic E-state index is -2.14. The van der Waals surface area contributed by atoms with Gasteiger partial charge in [0, 0.05) is 25.0 Å². The van der Waals surface area contributed by atoms with Crippen molar-refractivity contribution < 1.29 is 15.5 Å². The van der Waals surface area contributed by atoms with Gasteiger partial charge in [-0.1, -0.05) is 0 Å². The lowest BCUT2D eigenvalue weighted by Gasteiger charge is -2.54. The Morgan fingerprint density at radius 1 is 0.688 bits per heavy atom. The van der Waals surface area contributed by atoms with Crippen LogP contribution in [0.4, 0.5) is 0 Å². The molecule has 0 radical (unpaired) electrons. The van der Waals surface area contributed by atoms with Crippen molar-refractivity contribution in [2.24, 2.45) is 0 Å². The first-order chi connectivity index (χ1) is 6.83. The van der Waals surface area contributed by atoms with Gasteiger partial charge in [0.2, 0.25) is 0 Å². The van der Waals surface area contributed by atoms with Crippen molar-refractivity contribution in [2.45, 2.75) is 26.2 Å². The van der Waals surface area contributed by atoms with Crippen molar-refractivity contribution in [1.82, 2.24) is 0 Å². The van der Waals surface area contributed by atoms with Crippen LogP contribution in [-0.2, 0) is 15.5 Å². The van der Waals surface area contributed by atoms with Crippen LogP contribution in [0.2, 0.25) is 26.2 Å². The van der Waals surface area contributed by atoms with Gasteiger partial charge in [0.05, 0.1) is 0 Å². The van der Waals surface area contributed by atoms with Crippen LogP contribution in [-0.4, -0.2) is 42.1 Å². The summed E-state index contributed by atoms with van der Waals surface area (Å²) >= 11 is 0. The largest absolute Gasteiger partial charge is 0.413 e. The molecule has 1 aliphatic rings. The van der Waals surface area contributed by atoms with Crippen molar-refractivity contribution in [3.05, 3.63) is 0 Å². The molecule has 0 unspecified atom stereocenters. The standard InChI is InChI=1S/C8H24O4S2Si2/c1-13(2)9-14(3,4)11-16(7,8)12-15(5,6)10-13/h1-8H3. The maximum absolute atomic E-state index is 6.13. The van der Waals surface area contributed by atoms with Gasteiger partial charge in [-0.15, -0.1) is 0 Å². The lowest BCUT2D eigenvalue weighted by atomic mass is 11.9. The van der Waals surface area contributed by atoms with Crippen LogP contribution in [0, 0.1) is 0 Å². The lowest BCUT2D eigenvalue weighted by molar-refractivity contribution is 0.323. The van der Waals surface area contributed by atoms with Crippen LogP contribution < -0.4 is 0 Å². The van der Waals surface area contributed by atoms with Crippen LogP contribution in [0.3, 0.4) is 0 Å². The Balaban J connectivity index is 2.98. The third-order valence-corrected chi connectivity index (χ3v) is 14.6. The van der Waals surface area contributed by atoms with E-state index in [1.807, 2.05) is 25.0 Å². The topological polar surface area (TPSA) is 36.9 Å². The highest BCUT2D eigenvalue weighted by atomic mass is 32.4. The zero-order chi connectivity index (χ0) is 12.8. The second kappa shape index (κ2) is 4.27. The van der Waals surface area contributed by atoms with Gasteiger partial charge >= 0.3 is 17.1 Å². The summed E-state index contributed by atoms with van der Waals surface area (Å²) in [5.41, 5.74) is 0. The Kier molecular flexibility index (Phi) is 4.01. The fraction of sp³-hybridized carbons (Fsp3) is 1.00. The predicted molar refractivity (Wildman–Crippen MR) is 78.2 cm³/mol. The molecule has 0 aliphatic carbocycles. The molecular weight excluding hydrogens is 280 g/mol. The second-order valence-electron chi connectivity index (χ2n) is 5.42. The first kappa shape index (κ1) is 15.0. The Morgan fingerprint density at radius 2 is 1.00 bits per heavy atom. The van der Waals surface area contributed by atoms with E-state index < -0.39 is 38.3 Å². The summed E-state index contributed by atoms with van der Waals surface area (Å²) in [4.78, 5) is 0. The van der Waals surface area contributed by atoms with Crippen molar-refractivity contribution in [2.75, 3.05) is 25.0 Å². The molecule has 100 valence electrons. The summed E-state index contributed by atoms with van der Waals surface area (Å²) in [6.45, 7) is 8.21. The van der Waals surface area contributed by atoms with E-state index in [-0.39, 0.29) is 0 Å². The lowest BCUT2D eigenvalue weighted by Crippen LogP contribution is -2.50. The van der Waals surface area contributed by atoms with Gasteiger partial charge in [-0.2, -0.15) is 24.8 Å². The monoisotopic (exact) mass is 304 g/mol. The third kappa shape index (κ3) is 4.69. The number of hydrogen-bond donors (Lipinski definition) is 0. The molecule has 0 atom stereocenters. The van der Waals surface area contributed by atoms with Gasteiger partial charge in [0.15, 0.2) is 0 Å². The van der Waals surface area contributed by atoms with E-state index in [0.29, 0.717) is 0 Å². The van der Waals surface area contributed by atoms with E-state index >= 15 is 0 Å². The predicted octanol–water partition coefficient (Wildman–Crippen LogP) is 3.26. The summed E-state index contributed by atoms with van der Waals surface area (Å²) in [7, 11) is -7.36. The molecular formula is C8H24O4S2Si2. The fourth-order valence-corrected chi connectivity index (χ4v) is 19.2. The first-order valence-electron chi connectivity index (χ1n) is 5.12. The van der Waals surface area contributed by atoms with E-state index in [1.54, 1.807) is 0 Å². The molecule has 0 aromatic heterocycles. The highest BCUT2D eigenvalue weighted by molar-refractivity contribution is 8.37. The Labute approximate surface area is 105 Å². The molecule has 8 heteroatoms. The quantitative estimate of drug-likeness (QED) is 0.644. The van der Waals surface area contributed by atoms with Crippen molar-refractivity contribution >= 4 is 38.3 Å². The first-order valence-corrected chi connectivity index (χ1v) is 15.3. The molecule has 1 heterocycles. The van der Waals surface area contributed by atoms with Crippen LogP contribution >= 0.6 is 21.2 Å². The number of hydrogen-bond acceptors (Lipinski definition) is 4. The van der Waals surface area contributed by atoms with Gasteiger partial charge < -0.3 is 4.12 Å². The van der Waals surface area contributed by atoms with Gasteiger partial charge in [0.25, 0.3) is 0 Å². The van der Waals surface area contributed by atoms with E-state index in [1.165, 1.54) is 0 Å². The SMILES string of the molecule is C[Si]1(C)O[Si](C)(C)OS(C)(C)OS(C)(C)O1. The molecule has 0 N–H and O–H groups in total. The van der Waals surface area contributed by atoms with Gasteiger partial charge in [0.1, 0.15) is 0 Å². The molecule has 4 nitrogen and oxygen atoms in total. The van der Waals surface area contributed by atoms with Crippen LogP contribution in [0.25, 0.3) is 0 Å². The molecule has 0 saturated carbocycles. The van der Waals surface area contributed by atoms with E-state index in [0.717, 1.165) is 0 Å². The van der Waals surface area contributed by atoms with E-state index in [2.05, 4.69) is 26.2 Å². The second-order valence-corrected chi connectivity index (χ2v) is 18.3. The van der Waals surface area contributed by atoms with Crippen LogP contribution in [0.15, 0.2) is 0 Å². The molecule has 0 spiro atoms. The Morgan fingerprint density at radius 3 is 1.31 bits per heavy atom. The Hall–Kier alpha value is 0.974.